The zero-order chi connectivity index (χ0) is 14.0. The van der Waals surface area contributed by atoms with Gasteiger partial charge in [-0.2, -0.15) is 0 Å². The molecule has 2 aromatic rings. The number of aliphatic hydroxyl groups is 1. The number of ether oxygens (including phenoxy) is 1. The van der Waals surface area contributed by atoms with Gasteiger partial charge in [-0.15, -0.1) is 0 Å². The first-order valence-corrected chi connectivity index (χ1v) is 6.34. The van der Waals surface area contributed by atoms with E-state index in [1.807, 2.05) is 52.0 Å². The minimum Gasteiger partial charge on any atom is -0.438 e. The van der Waals surface area contributed by atoms with Crippen molar-refractivity contribution in [1.29, 1.82) is 0 Å². The van der Waals surface area contributed by atoms with Crippen molar-refractivity contribution in [3.63, 3.8) is 0 Å². The number of hydrogen-bond acceptors (Lipinski definition) is 3. The van der Waals surface area contributed by atoms with Crippen LogP contribution in [0.3, 0.4) is 0 Å². The molecule has 1 aromatic carbocycles. The van der Waals surface area contributed by atoms with Gasteiger partial charge in [-0.05, 0) is 56.5 Å². The van der Waals surface area contributed by atoms with E-state index in [1.54, 1.807) is 0 Å². The molecule has 19 heavy (non-hydrogen) atoms. The minimum atomic E-state index is -0.0701. The van der Waals surface area contributed by atoms with E-state index >= 15 is 0 Å². The Hall–Kier alpha value is -1.87. The van der Waals surface area contributed by atoms with E-state index in [0.29, 0.717) is 5.88 Å². The summed E-state index contributed by atoms with van der Waals surface area (Å²) >= 11 is 0. The lowest BCUT2D eigenvalue weighted by atomic mass is 10.1. The highest BCUT2D eigenvalue weighted by Crippen LogP contribution is 2.29. The Morgan fingerprint density at radius 2 is 1.79 bits per heavy atom. The zero-order valence-corrected chi connectivity index (χ0v) is 11.8. The normalized spacial score (nSPS) is 10.6. The predicted octanol–water partition coefficient (Wildman–Crippen LogP) is 3.60. The molecule has 2 rings (SSSR count). The molecule has 0 bridgehead atoms. The molecule has 0 spiro atoms. The van der Waals surface area contributed by atoms with Crippen LogP contribution in [-0.2, 0) is 6.61 Å². The molecule has 1 heterocycles. The lowest BCUT2D eigenvalue weighted by Gasteiger charge is -2.14. The van der Waals surface area contributed by atoms with Crippen molar-refractivity contribution in [2.75, 3.05) is 0 Å². The van der Waals surface area contributed by atoms with Gasteiger partial charge in [-0.1, -0.05) is 12.1 Å². The van der Waals surface area contributed by atoms with Crippen LogP contribution in [0.1, 0.15) is 27.9 Å². The SMILES string of the molecule is Cc1ccc(C)c(Oc2nc(C)cc(C)c2CO)c1. The van der Waals surface area contributed by atoms with Gasteiger partial charge in [-0.3, -0.25) is 0 Å². The number of hydrogen-bond donors (Lipinski definition) is 1. The third-order valence-corrected chi connectivity index (χ3v) is 3.15. The molecule has 3 heteroatoms. The summed E-state index contributed by atoms with van der Waals surface area (Å²) in [6, 6.07) is 7.99. The summed E-state index contributed by atoms with van der Waals surface area (Å²) in [4.78, 5) is 4.39. The van der Waals surface area contributed by atoms with Crippen molar-refractivity contribution >= 4 is 0 Å². The van der Waals surface area contributed by atoms with E-state index in [1.165, 1.54) is 0 Å². The number of aromatic nitrogens is 1. The molecule has 0 fully saturated rings. The smallest absolute Gasteiger partial charge is 0.225 e. The highest BCUT2D eigenvalue weighted by atomic mass is 16.5. The molecule has 1 N–H and O–H groups in total. The molecule has 0 aliphatic carbocycles. The third-order valence-electron chi connectivity index (χ3n) is 3.15. The van der Waals surface area contributed by atoms with E-state index in [-0.39, 0.29) is 6.61 Å². The van der Waals surface area contributed by atoms with Crippen LogP contribution in [0.25, 0.3) is 0 Å². The molecule has 0 radical (unpaired) electrons. The summed E-state index contributed by atoms with van der Waals surface area (Å²) in [6.07, 6.45) is 0. The number of aryl methyl sites for hydroxylation is 4. The van der Waals surface area contributed by atoms with E-state index in [4.69, 9.17) is 4.74 Å². The fourth-order valence-corrected chi connectivity index (χ4v) is 2.03. The maximum Gasteiger partial charge on any atom is 0.225 e. The van der Waals surface area contributed by atoms with Crippen LogP contribution < -0.4 is 4.74 Å². The second-order valence-electron chi connectivity index (χ2n) is 4.89. The Bertz CT molecular complexity index is 606. The van der Waals surface area contributed by atoms with Crippen molar-refractivity contribution in [1.82, 2.24) is 4.98 Å². The summed E-state index contributed by atoms with van der Waals surface area (Å²) < 4.78 is 5.90. The average molecular weight is 257 g/mol. The Labute approximate surface area is 113 Å². The number of benzene rings is 1. The fourth-order valence-electron chi connectivity index (χ4n) is 2.03. The van der Waals surface area contributed by atoms with Gasteiger partial charge in [0.2, 0.25) is 5.88 Å². The molecule has 0 aliphatic heterocycles. The van der Waals surface area contributed by atoms with Crippen LogP contribution in [-0.4, -0.2) is 10.1 Å². The maximum atomic E-state index is 9.47. The lowest BCUT2D eigenvalue weighted by Crippen LogP contribution is -2.00. The van der Waals surface area contributed by atoms with Gasteiger partial charge >= 0.3 is 0 Å². The second-order valence-corrected chi connectivity index (χ2v) is 4.89. The summed E-state index contributed by atoms with van der Waals surface area (Å²) in [7, 11) is 0. The highest BCUT2D eigenvalue weighted by Gasteiger charge is 2.11. The third kappa shape index (κ3) is 2.93. The first-order chi connectivity index (χ1) is 9.01. The second kappa shape index (κ2) is 5.41. The topological polar surface area (TPSA) is 42.4 Å². The van der Waals surface area contributed by atoms with Crippen LogP contribution in [0.15, 0.2) is 24.3 Å². The zero-order valence-electron chi connectivity index (χ0n) is 11.8. The molecular formula is C16H19NO2. The van der Waals surface area contributed by atoms with Crippen LogP contribution in [0.2, 0.25) is 0 Å². The number of aliphatic hydroxyl groups excluding tert-OH is 1. The first-order valence-electron chi connectivity index (χ1n) is 6.34. The van der Waals surface area contributed by atoms with E-state index in [9.17, 15) is 5.11 Å². The van der Waals surface area contributed by atoms with Gasteiger partial charge in [-0.25, -0.2) is 4.98 Å². The van der Waals surface area contributed by atoms with E-state index < -0.39 is 0 Å². The molecule has 100 valence electrons. The van der Waals surface area contributed by atoms with E-state index in [2.05, 4.69) is 4.98 Å². The van der Waals surface area contributed by atoms with Crippen molar-refractivity contribution < 1.29 is 9.84 Å². The molecule has 1 aromatic heterocycles. The molecule has 0 unspecified atom stereocenters. The van der Waals surface area contributed by atoms with Gasteiger partial charge in [0.15, 0.2) is 0 Å². The van der Waals surface area contributed by atoms with Gasteiger partial charge in [0.05, 0.1) is 6.61 Å². The number of rotatable bonds is 3. The van der Waals surface area contributed by atoms with E-state index in [0.717, 1.165) is 33.7 Å². The molecule has 0 amide bonds. The Balaban J connectivity index is 2.45. The quantitative estimate of drug-likeness (QED) is 0.913. The molecular weight excluding hydrogens is 238 g/mol. The van der Waals surface area contributed by atoms with Crippen LogP contribution in [0.5, 0.6) is 11.6 Å². The summed E-state index contributed by atoms with van der Waals surface area (Å²) in [5.74, 6) is 1.28. The lowest BCUT2D eigenvalue weighted by molar-refractivity contribution is 0.274. The van der Waals surface area contributed by atoms with Crippen LogP contribution in [0, 0.1) is 27.7 Å². The predicted molar refractivity (Wildman–Crippen MR) is 75.6 cm³/mol. The van der Waals surface area contributed by atoms with Gasteiger partial charge in [0.1, 0.15) is 5.75 Å². The van der Waals surface area contributed by atoms with Gasteiger partial charge in [0, 0.05) is 11.3 Å². The molecule has 0 atom stereocenters. The molecule has 0 saturated heterocycles. The van der Waals surface area contributed by atoms with Crippen molar-refractivity contribution in [2.45, 2.75) is 34.3 Å². The number of pyridine rings is 1. The Morgan fingerprint density at radius 1 is 1.05 bits per heavy atom. The standard InChI is InChI=1S/C16H19NO2/c1-10-5-6-11(2)15(7-10)19-16-14(9-18)12(3)8-13(4)17-16/h5-8,18H,9H2,1-4H3. The van der Waals surface area contributed by atoms with Crippen LogP contribution >= 0.6 is 0 Å². The minimum absolute atomic E-state index is 0.0701. The van der Waals surface area contributed by atoms with Crippen molar-refractivity contribution in [3.05, 3.63) is 52.2 Å². The van der Waals surface area contributed by atoms with Crippen LogP contribution in [0.4, 0.5) is 0 Å². The maximum absolute atomic E-state index is 9.47. The van der Waals surface area contributed by atoms with Crippen molar-refractivity contribution in [2.24, 2.45) is 0 Å². The van der Waals surface area contributed by atoms with Crippen molar-refractivity contribution in [3.8, 4) is 11.6 Å². The summed E-state index contributed by atoms with van der Waals surface area (Å²) in [6.45, 7) is 7.82. The molecule has 3 nitrogen and oxygen atoms in total. The Morgan fingerprint density at radius 3 is 2.47 bits per heavy atom. The number of nitrogens with zero attached hydrogens (tertiary/aromatic N) is 1. The monoisotopic (exact) mass is 257 g/mol. The fraction of sp³-hybridized carbons (Fsp3) is 0.312. The molecule has 0 aliphatic rings. The van der Waals surface area contributed by atoms with Gasteiger partial charge < -0.3 is 9.84 Å². The largest absolute Gasteiger partial charge is 0.438 e. The first kappa shape index (κ1) is 13.6. The Kier molecular flexibility index (Phi) is 3.86. The van der Waals surface area contributed by atoms with Gasteiger partial charge in [0.25, 0.3) is 0 Å². The average Bonchev–Trinajstić information content (AvgIpc) is 2.33. The highest BCUT2D eigenvalue weighted by molar-refractivity contribution is 5.42. The summed E-state index contributed by atoms with van der Waals surface area (Å²) in [5.41, 5.74) is 4.81. The summed E-state index contributed by atoms with van der Waals surface area (Å²) in [5, 5.41) is 9.47. The molecule has 0 saturated carbocycles.